The van der Waals surface area contributed by atoms with Crippen LogP contribution in [-0.2, 0) is 11.3 Å². The van der Waals surface area contributed by atoms with Gasteiger partial charge in [-0.05, 0) is 25.0 Å². The van der Waals surface area contributed by atoms with Crippen molar-refractivity contribution in [2.45, 2.75) is 20.4 Å². The zero-order chi connectivity index (χ0) is 11.7. The Morgan fingerprint density at radius 2 is 2.31 bits per heavy atom. The van der Waals surface area contributed by atoms with E-state index in [0.29, 0.717) is 6.54 Å². The number of rotatable bonds is 3. The average molecular weight is 239 g/mol. The van der Waals surface area contributed by atoms with E-state index in [1.54, 1.807) is 11.3 Å². The Morgan fingerprint density at radius 1 is 1.56 bits per heavy atom. The number of likely N-dealkylation sites (tertiary alicyclic amines) is 1. The molecule has 1 aromatic rings. The van der Waals surface area contributed by atoms with Crippen LogP contribution in [0.2, 0.25) is 0 Å². The first kappa shape index (κ1) is 11.6. The van der Waals surface area contributed by atoms with E-state index in [4.69, 9.17) is 5.11 Å². The van der Waals surface area contributed by atoms with Crippen LogP contribution >= 0.6 is 11.3 Å². The van der Waals surface area contributed by atoms with E-state index in [1.807, 2.05) is 6.92 Å². The number of hydrogen-bond acceptors (Lipinski definition) is 3. The van der Waals surface area contributed by atoms with Crippen LogP contribution in [0.3, 0.4) is 0 Å². The minimum atomic E-state index is -0.655. The lowest BCUT2D eigenvalue weighted by molar-refractivity contribution is -0.142. The molecule has 0 bridgehead atoms. The number of hydrogen-bond donors (Lipinski definition) is 1. The third-order valence-corrected chi connectivity index (χ3v) is 4.17. The molecule has 1 aliphatic rings. The first-order chi connectivity index (χ1) is 7.56. The van der Waals surface area contributed by atoms with Gasteiger partial charge in [-0.2, -0.15) is 0 Å². The molecule has 16 heavy (non-hydrogen) atoms. The Kier molecular flexibility index (Phi) is 3.30. The maximum Gasteiger partial charge on any atom is 0.308 e. The van der Waals surface area contributed by atoms with Crippen molar-refractivity contribution in [3.63, 3.8) is 0 Å². The molecule has 88 valence electrons. The standard InChI is InChI=1S/C12H17NO2S/c1-8-5-13(7-11(8)12(14)15)6-10-4-3-9(2)16-10/h3-4,8,11H,5-7H2,1-2H3,(H,14,15). The minimum absolute atomic E-state index is 0.193. The number of carbonyl (C=O) groups is 1. The molecule has 0 radical (unpaired) electrons. The highest BCUT2D eigenvalue weighted by molar-refractivity contribution is 7.11. The molecule has 1 aromatic heterocycles. The van der Waals surface area contributed by atoms with Gasteiger partial charge in [-0.3, -0.25) is 9.69 Å². The van der Waals surface area contributed by atoms with Gasteiger partial charge in [0, 0.05) is 29.4 Å². The Morgan fingerprint density at radius 3 is 2.81 bits per heavy atom. The van der Waals surface area contributed by atoms with Crippen molar-refractivity contribution in [1.29, 1.82) is 0 Å². The van der Waals surface area contributed by atoms with E-state index >= 15 is 0 Å². The van der Waals surface area contributed by atoms with E-state index in [9.17, 15) is 4.79 Å². The third-order valence-electron chi connectivity index (χ3n) is 3.18. The zero-order valence-corrected chi connectivity index (χ0v) is 10.5. The number of carboxylic acids is 1. The molecule has 0 aliphatic carbocycles. The van der Waals surface area contributed by atoms with Crippen LogP contribution in [-0.4, -0.2) is 29.1 Å². The molecule has 3 nitrogen and oxygen atoms in total. The van der Waals surface area contributed by atoms with Crippen LogP contribution in [0.5, 0.6) is 0 Å². The SMILES string of the molecule is Cc1ccc(CN2CC(C)C(C(=O)O)C2)s1. The summed E-state index contributed by atoms with van der Waals surface area (Å²) >= 11 is 1.80. The van der Waals surface area contributed by atoms with Crippen LogP contribution in [0.1, 0.15) is 16.7 Å². The molecule has 0 saturated carbocycles. The zero-order valence-electron chi connectivity index (χ0n) is 9.64. The van der Waals surface area contributed by atoms with Crippen molar-refractivity contribution in [2.75, 3.05) is 13.1 Å². The lowest BCUT2D eigenvalue weighted by atomic mass is 9.99. The average Bonchev–Trinajstić information content (AvgIpc) is 2.73. The van der Waals surface area contributed by atoms with Gasteiger partial charge in [-0.1, -0.05) is 6.92 Å². The molecule has 0 amide bonds. The molecule has 1 fully saturated rings. The molecular weight excluding hydrogens is 222 g/mol. The smallest absolute Gasteiger partial charge is 0.308 e. The first-order valence-corrected chi connectivity index (χ1v) is 6.38. The number of thiophene rings is 1. The fraction of sp³-hybridized carbons (Fsp3) is 0.583. The third kappa shape index (κ3) is 2.44. The molecule has 0 aromatic carbocycles. The van der Waals surface area contributed by atoms with E-state index in [-0.39, 0.29) is 11.8 Å². The monoisotopic (exact) mass is 239 g/mol. The molecule has 2 rings (SSSR count). The number of carboxylic acid groups (broad SMARTS) is 1. The van der Waals surface area contributed by atoms with Gasteiger partial charge >= 0.3 is 5.97 Å². The number of aliphatic carboxylic acids is 1. The molecule has 1 N–H and O–H groups in total. The quantitative estimate of drug-likeness (QED) is 0.879. The second-order valence-corrected chi connectivity index (χ2v) is 6.00. The second kappa shape index (κ2) is 4.55. The highest BCUT2D eigenvalue weighted by atomic mass is 32.1. The summed E-state index contributed by atoms with van der Waals surface area (Å²) in [5.74, 6) is -0.586. The minimum Gasteiger partial charge on any atom is -0.481 e. The van der Waals surface area contributed by atoms with Gasteiger partial charge in [0.2, 0.25) is 0 Å². The van der Waals surface area contributed by atoms with Crippen LogP contribution in [0.15, 0.2) is 12.1 Å². The van der Waals surface area contributed by atoms with Crippen molar-refractivity contribution >= 4 is 17.3 Å². The predicted molar refractivity (Wildman–Crippen MR) is 64.6 cm³/mol. The van der Waals surface area contributed by atoms with Crippen LogP contribution in [0, 0.1) is 18.8 Å². The van der Waals surface area contributed by atoms with Gasteiger partial charge in [-0.15, -0.1) is 11.3 Å². The first-order valence-electron chi connectivity index (χ1n) is 5.56. The van der Waals surface area contributed by atoms with Crippen molar-refractivity contribution in [3.8, 4) is 0 Å². The molecule has 1 saturated heterocycles. The Balaban J connectivity index is 1.96. The topological polar surface area (TPSA) is 40.5 Å². The van der Waals surface area contributed by atoms with E-state index < -0.39 is 5.97 Å². The van der Waals surface area contributed by atoms with Gasteiger partial charge in [0.15, 0.2) is 0 Å². The maximum atomic E-state index is 11.0. The van der Waals surface area contributed by atoms with Crippen molar-refractivity contribution in [1.82, 2.24) is 4.90 Å². The summed E-state index contributed by atoms with van der Waals surface area (Å²) in [5, 5.41) is 9.05. The molecule has 2 atom stereocenters. The number of aryl methyl sites for hydroxylation is 1. The second-order valence-electron chi connectivity index (χ2n) is 4.63. The van der Waals surface area contributed by atoms with Gasteiger partial charge in [0.25, 0.3) is 0 Å². The summed E-state index contributed by atoms with van der Waals surface area (Å²) in [7, 11) is 0. The molecule has 0 spiro atoms. The van der Waals surface area contributed by atoms with E-state index in [1.165, 1.54) is 9.75 Å². The fourth-order valence-corrected chi connectivity index (χ4v) is 3.24. The van der Waals surface area contributed by atoms with Crippen molar-refractivity contribution in [3.05, 3.63) is 21.9 Å². The molecular formula is C12H17NO2S. The number of nitrogens with zero attached hydrogens (tertiary/aromatic N) is 1. The van der Waals surface area contributed by atoms with E-state index in [0.717, 1.165) is 13.1 Å². The highest BCUT2D eigenvalue weighted by Crippen LogP contribution is 2.26. The summed E-state index contributed by atoms with van der Waals surface area (Å²) in [4.78, 5) is 15.9. The molecule has 4 heteroatoms. The molecule has 2 unspecified atom stereocenters. The lowest BCUT2D eigenvalue weighted by Crippen LogP contribution is -2.22. The van der Waals surface area contributed by atoms with Crippen LogP contribution < -0.4 is 0 Å². The summed E-state index contributed by atoms with van der Waals surface area (Å²) in [6.45, 7) is 6.60. The van der Waals surface area contributed by atoms with Crippen molar-refractivity contribution < 1.29 is 9.90 Å². The van der Waals surface area contributed by atoms with Crippen molar-refractivity contribution in [2.24, 2.45) is 11.8 Å². The Labute approximate surface area is 99.7 Å². The van der Waals surface area contributed by atoms with Gasteiger partial charge in [0.05, 0.1) is 5.92 Å². The normalized spacial score (nSPS) is 26.1. The summed E-state index contributed by atoms with van der Waals surface area (Å²) in [6.07, 6.45) is 0. The van der Waals surface area contributed by atoms with Crippen LogP contribution in [0.4, 0.5) is 0 Å². The predicted octanol–water partition coefficient (Wildman–Crippen LogP) is 2.21. The van der Waals surface area contributed by atoms with Crippen LogP contribution in [0.25, 0.3) is 0 Å². The van der Waals surface area contributed by atoms with E-state index in [2.05, 4.69) is 24.0 Å². The largest absolute Gasteiger partial charge is 0.481 e. The fourth-order valence-electron chi connectivity index (χ4n) is 2.31. The highest BCUT2D eigenvalue weighted by Gasteiger charge is 2.34. The van der Waals surface area contributed by atoms with Gasteiger partial charge < -0.3 is 5.11 Å². The maximum absolute atomic E-state index is 11.0. The Bertz CT molecular complexity index is 388. The molecule has 2 heterocycles. The summed E-state index contributed by atoms with van der Waals surface area (Å²) in [6, 6.07) is 4.26. The van der Waals surface area contributed by atoms with Gasteiger partial charge in [-0.25, -0.2) is 0 Å². The lowest BCUT2D eigenvalue weighted by Gasteiger charge is -2.13. The Hall–Kier alpha value is -0.870. The summed E-state index contributed by atoms with van der Waals surface area (Å²) < 4.78 is 0. The summed E-state index contributed by atoms with van der Waals surface area (Å²) in [5.41, 5.74) is 0. The molecule has 1 aliphatic heterocycles. The van der Waals surface area contributed by atoms with Gasteiger partial charge in [0.1, 0.15) is 0 Å².